The van der Waals surface area contributed by atoms with Crippen molar-refractivity contribution in [1.82, 2.24) is 4.98 Å². The molecule has 0 aliphatic rings. The fourth-order valence-corrected chi connectivity index (χ4v) is 4.93. The Morgan fingerprint density at radius 2 is 1.86 bits per heavy atom. The average Bonchev–Trinajstić information content (AvgIpc) is 3.32. The first-order valence-electron chi connectivity index (χ1n) is 10.5. The number of halogens is 1. The van der Waals surface area contributed by atoms with Gasteiger partial charge in [0.05, 0.1) is 24.2 Å². The van der Waals surface area contributed by atoms with E-state index in [0.29, 0.717) is 21.0 Å². The Morgan fingerprint density at radius 1 is 1.06 bits per heavy atom. The predicted molar refractivity (Wildman–Crippen MR) is 151 cm³/mol. The number of thiocarbonyl (C=S) groups is 1. The first kappa shape index (κ1) is 25.0. The van der Waals surface area contributed by atoms with E-state index in [2.05, 4.69) is 20.9 Å². The van der Waals surface area contributed by atoms with Gasteiger partial charge in [-0.25, -0.2) is 4.98 Å². The van der Waals surface area contributed by atoms with Crippen LogP contribution in [0.1, 0.15) is 0 Å². The molecule has 1 aromatic heterocycles. The minimum Gasteiger partial charge on any atom is -0.495 e. The Labute approximate surface area is 222 Å². The van der Waals surface area contributed by atoms with Gasteiger partial charge in [-0.3, -0.25) is 4.79 Å². The SMILES string of the molecule is COc1ccccc1NC(=S)Nc1cccc(SCC(=O)Nc2nc(-c3ccc(Cl)cc3)cs2)c1. The summed E-state index contributed by atoms with van der Waals surface area (Å²) >= 11 is 14.2. The van der Waals surface area contributed by atoms with Gasteiger partial charge >= 0.3 is 0 Å². The van der Waals surface area contributed by atoms with Crippen molar-refractivity contribution in [3.63, 3.8) is 0 Å². The highest BCUT2D eigenvalue weighted by molar-refractivity contribution is 8.00. The van der Waals surface area contributed by atoms with Crippen molar-refractivity contribution < 1.29 is 9.53 Å². The normalized spacial score (nSPS) is 10.5. The first-order chi connectivity index (χ1) is 17.0. The van der Waals surface area contributed by atoms with E-state index in [1.165, 1.54) is 23.1 Å². The van der Waals surface area contributed by atoms with Crippen molar-refractivity contribution in [2.24, 2.45) is 0 Å². The molecule has 0 bridgehead atoms. The maximum atomic E-state index is 12.5. The summed E-state index contributed by atoms with van der Waals surface area (Å²) in [6.07, 6.45) is 0. The summed E-state index contributed by atoms with van der Waals surface area (Å²) in [5.74, 6) is 0.828. The highest BCUT2D eigenvalue weighted by Gasteiger charge is 2.10. The lowest BCUT2D eigenvalue weighted by atomic mass is 10.2. The molecular formula is C25H21ClN4O2S3. The molecule has 0 aliphatic carbocycles. The number of hydrogen-bond donors (Lipinski definition) is 3. The van der Waals surface area contributed by atoms with E-state index in [4.69, 9.17) is 28.6 Å². The lowest BCUT2D eigenvalue weighted by Gasteiger charge is -2.13. The van der Waals surface area contributed by atoms with E-state index in [9.17, 15) is 4.79 Å². The summed E-state index contributed by atoms with van der Waals surface area (Å²) in [6.45, 7) is 0. The summed E-state index contributed by atoms with van der Waals surface area (Å²) in [5, 5.41) is 12.7. The quantitative estimate of drug-likeness (QED) is 0.164. The zero-order chi connectivity index (χ0) is 24.6. The summed E-state index contributed by atoms with van der Waals surface area (Å²) in [7, 11) is 1.61. The van der Waals surface area contributed by atoms with Gasteiger partial charge in [-0.1, -0.05) is 41.9 Å². The van der Waals surface area contributed by atoms with Crippen molar-refractivity contribution in [3.05, 3.63) is 83.2 Å². The summed E-state index contributed by atoms with van der Waals surface area (Å²) in [6, 6.07) is 22.7. The maximum absolute atomic E-state index is 12.5. The van der Waals surface area contributed by atoms with Crippen LogP contribution >= 0.6 is 46.9 Å². The maximum Gasteiger partial charge on any atom is 0.236 e. The topological polar surface area (TPSA) is 75.3 Å². The van der Waals surface area contributed by atoms with E-state index >= 15 is 0 Å². The molecule has 0 saturated heterocycles. The number of para-hydroxylation sites is 2. The van der Waals surface area contributed by atoms with E-state index in [0.717, 1.165) is 27.5 Å². The van der Waals surface area contributed by atoms with Crippen LogP contribution in [0.3, 0.4) is 0 Å². The number of benzene rings is 3. The number of amides is 1. The van der Waals surface area contributed by atoms with Crippen LogP contribution in [-0.4, -0.2) is 28.9 Å². The van der Waals surface area contributed by atoms with Crippen molar-refractivity contribution in [2.75, 3.05) is 28.8 Å². The molecule has 0 fully saturated rings. The molecule has 4 rings (SSSR count). The number of aromatic nitrogens is 1. The number of ether oxygens (including phenoxy) is 1. The van der Waals surface area contributed by atoms with Crippen LogP contribution in [0.5, 0.6) is 5.75 Å². The van der Waals surface area contributed by atoms with Crippen LogP contribution < -0.4 is 20.7 Å². The third kappa shape index (κ3) is 7.19. The Hall–Kier alpha value is -3.11. The van der Waals surface area contributed by atoms with Gasteiger partial charge in [0.15, 0.2) is 10.2 Å². The number of thioether (sulfide) groups is 1. The molecule has 3 aromatic carbocycles. The van der Waals surface area contributed by atoms with Gasteiger partial charge in [-0.2, -0.15) is 0 Å². The molecule has 35 heavy (non-hydrogen) atoms. The van der Waals surface area contributed by atoms with Gasteiger partial charge < -0.3 is 20.7 Å². The Kier molecular flexibility index (Phi) is 8.59. The molecule has 1 amide bonds. The van der Waals surface area contributed by atoms with Gasteiger partial charge in [0.25, 0.3) is 0 Å². The second-order valence-corrected chi connectivity index (χ2v) is 9.94. The molecule has 0 saturated carbocycles. The van der Waals surface area contributed by atoms with Gasteiger partial charge in [0.1, 0.15) is 5.75 Å². The Morgan fingerprint density at radius 3 is 2.66 bits per heavy atom. The number of carbonyl (C=O) groups is 1. The Bertz CT molecular complexity index is 1330. The number of methoxy groups -OCH3 is 1. The monoisotopic (exact) mass is 540 g/mol. The number of anilines is 3. The van der Waals surface area contributed by atoms with Crippen LogP contribution in [0.25, 0.3) is 11.3 Å². The molecule has 0 unspecified atom stereocenters. The molecule has 178 valence electrons. The summed E-state index contributed by atoms with van der Waals surface area (Å²) < 4.78 is 5.34. The fourth-order valence-electron chi connectivity index (χ4n) is 3.08. The van der Waals surface area contributed by atoms with Crippen molar-refractivity contribution in [1.29, 1.82) is 0 Å². The molecule has 10 heteroatoms. The summed E-state index contributed by atoms with van der Waals surface area (Å²) in [4.78, 5) is 17.9. The standard InChI is InChI=1S/C25H21ClN4O2S3/c1-32-22-8-3-2-7-20(22)28-24(33)27-18-5-4-6-19(13-18)34-15-23(31)30-25-29-21(14-35-25)16-9-11-17(26)12-10-16/h2-14H,15H2,1H3,(H2,27,28,33)(H,29,30,31). The summed E-state index contributed by atoms with van der Waals surface area (Å²) in [5.41, 5.74) is 3.33. The smallest absolute Gasteiger partial charge is 0.236 e. The van der Waals surface area contributed by atoms with Crippen molar-refractivity contribution >= 4 is 74.4 Å². The van der Waals surface area contributed by atoms with Gasteiger partial charge in [-0.05, 0) is 54.7 Å². The molecule has 0 radical (unpaired) electrons. The highest BCUT2D eigenvalue weighted by atomic mass is 35.5. The fraction of sp³-hybridized carbons (Fsp3) is 0.0800. The van der Waals surface area contributed by atoms with Crippen molar-refractivity contribution in [2.45, 2.75) is 4.90 Å². The molecule has 0 spiro atoms. The van der Waals surface area contributed by atoms with Crippen molar-refractivity contribution in [3.8, 4) is 17.0 Å². The van der Waals surface area contributed by atoms with Gasteiger partial charge in [-0.15, -0.1) is 23.1 Å². The molecular weight excluding hydrogens is 520 g/mol. The minimum absolute atomic E-state index is 0.126. The number of thiazole rings is 1. The average molecular weight is 541 g/mol. The third-order valence-corrected chi connectivity index (χ3v) is 6.92. The zero-order valence-electron chi connectivity index (χ0n) is 18.6. The highest BCUT2D eigenvalue weighted by Crippen LogP contribution is 2.27. The zero-order valence-corrected chi connectivity index (χ0v) is 21.8. The van der Waals surface area contributed by atoms with Gasteiger partial charge in [0, 0.05) is 26.5 Å². The largest absolute Gasteiger partial charge is 0.495 e. The molecule has 6 nitrogen and oxygen atoms in total. The first-order valence-corrected chi connectivity index (χ1v) is 13.1. The third-order valence-electron chi connectivity index (χ3n) is 4.71. The minimum atomic E-state index is -0.126. The molecule has 4 aromatic rings. The van der Waals surface area contributed by atoms with Crippen LogP contribution in [0.2, 0.25) is 5.02 Å². The lowest BCUT2D eigenvalue weighted by Crippen LogP contribution is -2.19. The number of carbonyl (C=O) groups excluding carboxylic acids is 1. The van der Waals surface area contributed by atoms with Crippen LogP contribution in [-0.2, 0) is 4.79 Å². The van der Waals surface area contributed by atoms with Crippen LogP contribution in [0.4, 0.5) is 16.5 Å². The van der Waals surface area contributed by atoms with E-state index < -0.39 is 0 Å². The number of hydrogen-bond acceptors (Lipinski definition) is 6. The second-order valence-electron chi connectivity index (χ2n) is 7.19. The molecule has 1 heterocycles. The van der Waals surface area contributed by atoms with Crippen LogP contribution in [0, 0.1) is 0 Å². The molecule has 0 atom stereocenters. The van der Waals surface area contributed by atoms with E-state index in [1.807, 2.05) is 78.2 Å². The second kappa shape index (κ2) is 12.0. The Balaban J connectivity index is 1.29. The molecule has 0 aliphatic heterocycles. The van der Waals surface area contributed by atoms with Crippen LogP contribution in [0.15, 0.2) is 83.1 Å². The lowest BCUT2D eigenvalue weighted by molar-refractivity contribution is -0.113. The predicted octanol–water partition coefficient (Wildman–Crippen LogP) is 7.01. The van der Waals surface area contributed by atoms with E-state index in [-0.39, 0.29) is 11.7 Å². The molecule has 3 N–H and O–H groups in total. The number of rotatable bonds is 8. The van der Waals surface area contributed by atoms with Gasteiger partial charge in [0.2, 0.25) is 5.91 Å². The van der Waals surface area contributed by atoms with E-state index in [1.54, 1.807) is 7.11 Å². The number of nitrogens with one attached hydrogen (secondary N) is 3. The number of nitrogens with zero attached hydrogens (tertiary/aromatic N) is 1.